The normalized spacial score (nSPS) is 20.0. The summed E-state index contributed by atoms with van der Waals surface area (Å²) in [6.07, 6.45) is 6.25. The van der Waals surface area contributed by atoms with Crippen LogP contribution < -0.4 is 10.6 Å². The van der Waals surface area contributed by atoms with E-state index in [0.29, 0.717) is 12.0 Å². The molecule has 1 amide bonds. The van der Waals surface area contributed by atoms with Crippen molar-refractivity contribution < 1.29 is 9.18 Å². The fraction of sp³-hybridized carbons (Fsp3) is 0.480. The molecular formula is C25H32FN3O. The zero-order valence-corrected chi connectivity index (χ0v) is 17.6. The van der Waals surface area contributed by atoms with Crippen molar-refractivity contribution >= 4 is 11.6 Å². The molecule has 1 unspecified atom stereocenters. The van der Waals surface area contributed by atoms with Crippen molar-refractivity contribution in [2.24, 2.45) is 5.73 Å². The molecule has 2 heterocycles. The van der Waals surface area contributed by atoms with Crippen molar-refractivity contribution in [3.05, 3.63) is 65.5 Å². The van der Waals surface area contributed by atoms with Crippen LogP contribution in [0, 0.1) is 5.82 Å². The summed E-state index contributed by atoms with van der Waals surface area (Å²) in [5.74, 6) is -0.149. The largest absolute Gasteiger partial charge is 0.369 e. The first-order valence-corrected chi connectivity index (χ1v) is 11.2. The molecule has 4 nitrogen and oxygen atoms in total. The first kappa shape index (κ1) is 20.9. The van der Waals surface area contributed by atoms with Crippen molar-refractivity contribution in [2.45, 2.75) is 57.0 Å². The number of carbonyl (C=O) groups is 1. The van der Waals surface area contributed by atoms with E-state index in [1.54, 1.807) is 12.1 Å². The van der Waals surface area contributed by atoms with Crippen LogP contribution in [0.5, 0.6) is 0 Å². The second-order valence-corrected chi connectivity index (χ2v) is 8.67. The van der Waals surface area contributed by atoms with Crippen molar-refractivity contribution in [1.29, 1.82) is 0 Å². The summed E-state index contributed by atoms with van der Waals surface area (Å²) >= 11 is 0. The molecule has 1 saturated heterocycles. The molecule has 5 heteroatoms. The predicted molar refractivity (Wildman–Crippen MR) is 119 cm³/mol. The van der Waals surface area contributed by atoms with Crippen LogP contribution in [0.4, 0.5) is 10.1 Å². The van der Waals surface area contributed by atoms with Gasteiger partial charge in [0.05, 0.1) is 0 Å². The maximum Gasteiger partial charge on any atom is 0.224 e. The number of benzene rings is 2. The summed E-state index contributed by atoms with van der Waals surface area (Å²) in [7, 11) is 0. The fourth-order valence-electron chi connectivity index (χ4n) is 4.93. The molecule has 0 saturated carbocycles. The van der Waals surface area contributed by atoms with E-state index in [1.165, 1.54) is 30.2 Å². The Morgan fingerprint density at radius 2 is 1.87 bits per heavy atom. The Hall–Kier alpha value is -2.40. The van der Waals surface area contributed by atoms with E-state index in [1.807, 2.05) is 11.0 Å². The molecule has 2 aliphatic rings. The highest BCUT2D eigenvalue weighted by molar-refractivity contribution is 5.77. The molecule has 30 heavy (non-hydrogen) atoms. The van der Waals surface area contributed by atoms with Gasteiger partial charge in [-0.05, 0) is 61.8 Å². The number of halogens is 1. The Morgan fingerprint density at radius 3 is 2.73 bits per heavy atom. The second-order valence-electron chi connectivity index (χ2n) is 8.67. The molecule has 2 N–H and O–H groups in total. The van der Waals surface area contributed by atoms with Gasteiger partial charge in [0, 0.05) is 43.8 Å². The topological polar surface area (TPSA) is 49.6 Å². The lowest BCUT2D eigenvalue weighted by Gasteiger charge is -2.33. The lowest BCUT2D eigenvalue weighted by Crippen LogP contribution is -2.45. The monoisotopic (exact) mass is 409 g/mol. The molecule has 0 bridgehead atoms. The number of likely N-dealkylation sites (tertiary alicyclic amines) is 1. The van der Waals surface area contributed by atoms with Crippen molar-refractivity contribution in [2.75, 3.05) is 24.5 Å². The van der Waals surface area contributed by atoms with Crippen LogP contribution in [0.15, 0.2) is 48.5 Å². The highest BCUT2D eigenvalue weighted by atomic mass is 19.1. The number of hydrogen-bond acceptors (Lipinski definition) is 3. The molecule has 160 valence electrons. The Kier molecular flexibility index (Phi) is 6.68. The third kappa shape index (κ3) is 4.84. The van der Waals surface area contributed by atoms with Gasteiger partial charge in [-0.1, -0.05) is 36.4 Å². The summed E-state index contributed by atoms with van der Waals surface area (Å²) in [5, 5.41) is 0. The fourth-order valence-corrected chi connectivity index (χ4v) is 4.93. The maximum absolute atomic E-state index is 13.9. The number of amides is 1. The number of anilines is 1. The van der Waals surface area contributed by atoms with Gasteiger partial charge in [0.1, 0.15) is 5.82 Å². The summed E-state index contributed by atoms with van der Waals surface area (Å²) in [6.45, 7) is 2.72. The SMILES string of the molecule is N[C@@H](CC(=O)N1CCCC1CN1CCCCc2ccccc21)Cc1ccccc1F. The molecule has 1 fully saturated rings. The van der Waals surface area contributed by atoms with Crippen molar-refractivity contribution in [3.63, 3.8) is 0 Å². The molecule has 0 radical (unpaired) electrons. The summed E-state index contributed by atoms with van der Waals surface area (Å²) in [6, 6.07) is 15.2. The summed E-state index contributed by atoms with van der Waals surface area (Å²) in [5.41, 5.74) is 9.55. The van der Waals surface area contributed by atoms with Crippen LogP contribution >= 0.6 is 0 Å². The Bertz CT molecular complexity index is 871. The van der Waals surface area contributed by atoms with Crippen LogP contribution in [0.1, 0.15) is 43.2 Å². The van der Waals surface area contributed by atoms with Crippen LogP contribution in [-0.4, -0.2) is 42.5 Å². The number of fused-ring (bicyclic) bond motifs is 1. The number of hydrogen-bond donors (Lipinski definition) is 1. The van der Waals surface area contributed by atoms with Crippen LogP contribution in [0.25, 0.3) is 0 Å². The summed E-state index contributed by atoms with van der Waals surface area (Å²) < 4.78 is 13.9. The molecule has 2 aromatic carbocycles. The van der Waals surface area contributed by atoms with Gasteiger partial charge in [-0.25, -0.2) is 4.39 Å². The molecule has 2 aliphatic heterocycles. The van der Waals surface area contributed by atoms with Gasteiger partial charge in [-0.3, -0.25) is 4.79 Å². The third-order valence-electron chi connectivity index (χ3n) is 6.46. The number of nitrogens with two attached hydrogens (primary N) is 1. The van der Waals surface area contributed by atoms with E-state index in [0.717, 1.165) is 38.9 Å². The average Bonchev–Trinajstić information content (AvgIpc) is 3.11. The van der Waals surface area contributed by atoms with Crippen molar-refractivity contribution in [1.82, 2.24) is 4.90 Å². The predicted octanol–water partition coefficient (Wildman–Crippen LogP) is 3.92. The van der Waals surface area contributed by atoms with E-state index in [9.17, 15) is 9.18 Å². The van der Waals surface area contributed by atoms with Crippen LogP contribution in [0.2, 0.25) is 0 Å². The minimum Gasteiger partial charge on any atom is -0.369 e. The Labute approximate surface area is 178 Å². The van der Waals surface area contributed by atoms with Gasteiger partial charge in [-0.15, -0.1) is 0 Å². The van der Waals surface area contributed by atoms with E-state index >= 15 is 0 Å². The van der Waals surface area contributed by atoms with Crippen LogP contribution in [-0.2, 0) is 17.6 Å². The number of nitrogens with zero attached hydrogens (tertiary/aromatic N) is 2. The minimum atomic E-state index is -0.366. The van der Waals surface area contributed by atoms with Gasteiger partial charge < -0.3 is 15.5 Å². The Balaban J connectivity index is 1.38. The van der Waals surface area contributed by atoms with Gasteiger partial charge in [0.2, 0.25) is 5.91 Å². The standard InChI is InChI=1S/C25H32FN3O/c26-23-12-3-1-10-20(23)16-21(27)17-25(30)29-15-7-11-22(29)18-28-14-6-5-9-19-8-2-4-13-24(19)28/h1-4,8,10,12-13,21-22H,5-7,9,11,14-18,27H2/t21-,22?/m1/s1. The first-order chi connectivity index (χ1) is 14.6. The second kappa shape index (κ2) is 9.61. The number of rotatable bonds is 6. The van der Waals surface area contributed by atoms with Gasteiger partial charge in [-0.2, -0.15) is 0 Å². The minimum absolute atomic E-state index is 0.101. The van der Waals surface area contributed by atoms with E-state index < -0.39 is 0 Å². The van der Waals surface area contributed by atoms with Gasteiger partial charge in [0.15, 0.2) is 0 Å². The maximum atomic E-state index is 13.9. The number of carbonyl (C=O) groups excluding carboxylic acids is 1. The zero-order chi connectivity index (χ0) is 20.9. The van der Waals surface area contributed by atoms with E-state index in [4.69, 9.17) is 5.73 Å². The summed E-state index contributed by atoms with van der Waals surface area (Å²) in [4.78, 5) is 17.5. The molecule has 2 aromatic rings. The van der Waals surface area contributed by atoms with Gasteiger partial charge >= 0.3 is 0 Å². The number of aryl methyl sites for hydroxylation is 1. The third-order valence-corrected chi connectivity index (χ3v) is 6.46. The van der Waals surface area contributed by atoms with Gasteiger partial charge in [0.25, 0.3) is 0 Å². The zero-order valence-electron chi connectivity index (χ0n) is 17.6. The van der Waals surface area contributed by atoms with Crippen LogP contribution in [0.3, 0.4) is 0 Å². The van der Waals surface area contributed by atoms with E-state index in [2.05, 4.69) is 29.2 Å². The highest BCUT2D eigenvalue weighted by Crippen LogP contribution is 2.29. The van der Waals surface area contributed by atoms with Crippen molar-refractivity contribution in [3.8, 4) is 0 Å². The number of para-hydroxylation sites is 1. The lowest BCUT2D eigenvalue weighted by atomic mass is 10.0. The molecule has 4 rings (SSSR count). The smallest absolute Gasteiger partial charge is 0.224 e. The van der Waals surface area contributed by atoms with E-state index in [-0.39, 0.29) is 30.2 Å². The first-order valence-electron chi connectivity index (χ1n) is 11.2. The molecule has 0 aliphatic carbocycles. The lowest BCUT2D eigenvalue weighted by molar-refractivity contribution is -0.132. The Morgan fingerprint density at radius 1 is 1.07 bits per heavy atom. The molecule has 0 spiro atoms. The molecule has 2 atom stereocenters. The quantitative estimate of drug-likeness (QED) is 0.787. The average molecular weight is 410 g/mol. The molecular weight excluding hydrogens is 377 g/mol. The molecule has 0 aromatic heterocycles. The highest BCUT2D eigenvalue weighted by Gasteiger charge is 2.31.